The second-order valence-corrected chi connectivity index (χ2v) is 3.12. The molecule has 0 aliphatic rings. The Morgan fingerprint density at radius 1 is 1.21 bits per heavy atom. The molecule has 1 rings (SSSR count). The number of hydrogen-bond donors (Lipinski definition) is 1. The molecule has 0 fully saturated rings. The highest BCUT2D eigenvalue weighted by atomic mass is 32.2. The van der Waals surface area contributed by atoms with Crippen LogP contribution in [0.25, 0.3) is 5.57 Å². The molecule has 2 N–H and O–H groups in total. The highest BCUT2D eigenvalue weighted by molar-refractivity contribution is 7.71. The van der Waals surface area contributed by atoms with Gasteiger partial charge in [-0.25, -0.2) is 0 Å². The largest absolute Gasteiger partial charge is 0.365 e. The quantitative estimate of drug-likeness (QED) is 0.543. The SMILES string of the molecule is NC(=O)C(=C=S(=O)=O)c1ccccc1. The van der Waals surface area contributed by atoms with Gasteiger partial charge in [0.05, 0.1) is 0 Å². The molecule has 0 saturated heterocycles. The van der Waals surface area contributed by atoms with Gasteiger partial charge in [-0.3, -0.25) is 4.79 Å². The number of rotatable bonds is 2. The zero-order valence-electron chi connectivity index (χ0n) is 7.10. The lowest BCUT2D eigenvalue weighted by atomic mass is 10.1. The van der Waals surface area contributed by atoms with E-state index in [9.17, 15) is 13.2 Å². The number of primary amides is 1. The highest BCUT2D eigenvalue weighted by Gasteiger charge is 2.06. The number of carbonyl (C=O) groups excluding carboxylic acids is 1. The van der Waals surface area contributed by atoms with Gasteiger partial charge in [-0.15, -0.1) is 0 Å². The third kappa shape index (κ3) is 2.58. The summed E-state index contributed by atoms with van der Waals surface area (Å²) in [7, 11) is -2.55. The van der Waals surface area contributed by atoms with Crippen LogP contribution in [0.4, 0.5) is 0 Å². The van der Waals surface area contributed by atoms with Crippen LogP contribution in [0.1, 0.15) is 5.56 Å². The first kappa shape index (κ1) is 10.2. The summed E-state index contributed by atoms with van der Waals surface area (Å²) in [5.74, 6) is -0.819. The van der Waals surface area contributed by atoms with Crippen molar-refractivity contribution in [1.82, 2.24) is 0 Å². The van der Waals surface area contributed by atoms with Crippen LogP contribution >= 0.6 is 0 Å². The van der Waals surface area contributed by atoms with Gasteiger partial charge < -0.3 is 5.73 Å². The average molecular weight is 209 g/mol. The highest BCUT2D eigenvalue weighted by Crippen LogP contribution is 2.09. The van der Waals surface area contributed by atoms with Gasteiger partial charge in [0.2, 0.25) is 0 Å². The molecule has 0 spiro atoms. The Bertz CT molecular complexity index is 502. The molecule has 14 heavy (non-hydrogen) atoms. The molecule has 0 aliphatic carbocycles. The van der Waals surface area contributed by atoms with Crippen molar-refractivity contribution >= 4 is 26.8 Å². The lowest BCUT2D eigenvalue weighted by molar-refractivity contribution is -0.112. The minimum atomic E-state index is -2.55. The van der Waals surface area contributed by atoms with E-state index in [1.165, 1.54) is 0 Å². The molecule has 0 aromatic heterocycles. The van der Waals surface area contributed by atoms with Gasteiger partial charge in [-0.1, -0.05) is 30.3 Å². The van der Waals surface area contributed by atoms with Gasteiger partial charge in [0.25, 0.3) is 16.2 Å². The van der Waals surface area contributed by atoms with Crippen molar-refractivity contribution in [3.8, 4) is 0 Å². The predicted molar refractivity (Wildman–Crippen MR) is 53.0 cm³/mol. The number of nitrogens with two attached hydrogens (primary N) is 1. The van der Waals surface area contributed by atoms with Crippen LogP contribution < -0.4 is 5.73 Å². The molecule has 0 saturated carbocycles. The topological polar surface area (TPSA) is 77.2 Å². The maximum absolute atomic E-state index is 10.9. The zero-order chi connectivity index (χ0) is 10.6. The summed E-state index contributed by atoms with van der Waals surface area (Å²) in [6, 6.07) is 8.26. The Hall–Kier alpha value is -1.84. The van der Waals surface area contributed by atoms with Crippen LogP contribution in [0.15, 0.2) is 30.3 Å². The molecule has 0 unspecified atom stereocenters. The lowest BCUT2D eigenvalue weighted by Crippen LogP contribution is -2.13. The predicted octanol–water partition coefficient (Wildman–Crippen LogP) is -0.165. The zero-order valence-corrected chi connectivity index (χ0v) is 7.91. The molecule has 0 heterocycles. The fourth-order valence-corrected chi connectivity index (χ4v) is 1.32. The Morgan fingerprint density at radius 2 is 1.79 bits per heavy atom. The van der Waals surface area contributed by atoms with Crippen molar-refractivity contribution in [3.63, 3.8) is 0 Å². The van der Waals surface area contributed by atoms with Crippen molar-refractivity contribution in [2.45, 2.75) is 0 Å². The van der Waals surface area contributed by atoms with E-state index in [1.54, 1.807) is 30.3 Å². The van der Waals surface area contributed by atoms with E-state index in [4.69, 9.17) is 5.73 Å². The van der Waals surface area contributed by atoms with E-state index in [0.29, 0.717) is 5.56 Å². The Morgan fingerprint density at radius 3 is 2.21 bits per heavy atom. The van der Waals surface area contributed by atoms with Crippen molar-refractivity contribution in [1.29, 1.82) is 0 Å². The van der Waals surface area contributed by atoms with Crippen molar-refractivity contribution < 1.29 is 13.2 Å². The van der Waals surface area contributed by atoms with Gasteiger partial charge in [0.1, 0.15) is 5.57 Å². The first-order chi connectivity index (χ1) is 6.61. The molecular formula is C9H7NO3S. The molecule has 0 radical (unpaired) electrons. The first-order valence-electron chi connectivity index (χ1n) is 3.69. The minimum Gasteiger partial charge on any atom is -0.365 e. The smallest absolute Gasteiger partial charge is 0.261 e. The molecule has 0 atom stereocenters. The summed E-state index contributed by atoms with van der Waals surface area (Å²) in [5, 5.41) is 1.95. The maximum Gasteiger partial charge on any atom is 0.261 e. The number of carbonyl (C=O) groups is 1. The third-order valence-corrected chi connectivity index (χ3v) is 1.87. The van der Waals surface area contributed by atoms with Gasteiger partial charge in [-0.2, -0.15) is 8.42 Å². The standard InChI is InChI=1S/C9H7NO3S/c10-9(11)8(6-14(12)13)7-4-2-1-3-5-7/h1-5H,(H2,10,11). The van der Waals surface area contributed by atoms with Gasteiger partial charge >= 0.3 is 0 Å². The molecule has 1 aromatic rings. The Labute approximate surface area is 82.2 Å². The van der Waals surface area contributed by atoms with Crippen molar-refractivity contribution in [2.24, 2.45) is 5.73 Å². The van der Waals surface area contributed by atoms with Crippen molar-refractivity contribution in [3.05, 3.63) is 35.9 Å². The monoisotopic (exact) mass is 209 g/mol. The van der Waals surface area contributed by atoms with E-state index >= 15 is 0 Å². The van der Waals surface area contributed by atoms with Crippen LogP contribution in [0.3, 0.4) is 0 Å². The van der Waals surface area contributed by atoms with Crippen LogP contribution in [-0.4, -0.2) is 19.3 Å². The number of hydrogen-bond acceptors (Lipinski definition) is 3. The van der Waals surface area contributed by atoms with Crippen LogP contribution in [-0.2, 0) is 15.1 Å². The molecule has 1 aromatic carbocycles. The summed E-state index contributed by atoms with van der Waals surface area (Å²) >= 11 is 0. The van der Waals surface area contributed by atoms with Gasteiger partial charge in [0.15, 0.2) is 0 Å². The van der Waals surface area contributed by atoms with Crippen LogP contribution in [0, 0.1) is 0 Å². The first-order valence-corrected chi connectivity index (χ1v) is 4.77. The number of benzene rings is 1. The second-order valence-electron chi connectivity index (χ2n) is 2.44. The fraction of sp³-hybridized carbons (Fsp3) is 0. The molecule has 0 bridgehead atoms. The van der Waals surface area contributed by atoms with E-state index in [1.807, 2.05) is 5.02 Å². The van der Waals surface area contributed by atoms with E-state index in [2.05, 4.69) is 0 Å². The average Bonchev–Trinajstić information content (AvgIpc) is 2.15. The minimum absolute atomic E-state index is 0.140. The fourth-order valence-electron chi connectivity index (χ4n) is 0.940. The summed E-state index contributed by atoms with van der Waals surface area (Å²) in [6.45, 7) is 0. The normalized spacial score (nSPS) is 8.86. The Balaban J connectivity index is 3.45. The third-order valence-electron chi connectivity index (χ3n) is 1.49. The summed E-state index contributed by atoms with van der Waals surface area (Å²) < 4.78 is 20.7. The second kappa shape index (κ2) is 4.41. The summed E-state index contributed by atoms with van der Waals surface area (Å²) in [6.07, 6.45) is 0. The number of amides is 1. The molecule has 0 aliphatic heterocycles. The Kier molecular flexibility index (Phi) is 3.23. The van der Waals surface area contributed by atoms with Crippen LogP contribution in [0.5, 0.6) is 0 Å². The van der Waals surface area contributed by atoms with Crippen LogP contribution in [0.2, 0.25) is 0 Å². The van der Waals surface area contributed by atoms with Gasteiger partial charge in [-0.05, 0) is 5.56 Å². The molecule has 4 nitrogen and oxygen atoms in total. The van der Waals surface area contributed by atoms with E-state index in [-0.39, 0.29) is 5.57 Å². The van der Waals surface area contributed by atoms with E-state index < -0.39 is 16.2 Å². The molecule has 72 valence electrons. The summed E-state index contributed by atoms with van der Waals surface area (Å²) in [4.78, 5) is 10.9. The van der Waals surface area contributed by atoms with Gasteiger partial charge in [0, 0.05) is 5.02 Å². The maximum atomic E-state index is 10.9. The molecule has 5 heteroatoms. The van der Waals surface area contributed by atoms with E-state index in [0.717, 1.165) is 0 Å². The molecular weight excluding hydrogens is 202 g/mol. The molecule has 1 amide bonds. The van der Waals surface area contributed by atoms with Crippen molar-refractivity contribution in [2.75, 3.05) is 0 Å². The summed E-state index contributed by atoms with van der Waals surface area (Å²) in [5.41, 5.74) is 5.30. The lowest BCUT2D eigenvalue weighted by Gasteiger charge is -1.97.